The van der Waals surface area contributed by atoms with Crippen LogP contribution in [0.15, 0.2) is 42.6 Å². The Hall–Kier alpha value is -2.70. The predicted octanol–water partition coefficient (Wildman–Crippen LogP) is 3.47. The number of rotatable bonds is 6. The van der Waals surface area contributed by atoms with Crippen molar-refractivity contribution in [3.63, 3.8) is 0 Å². The molecule has 1 fully saturated rings. The smallest absolute Gasteiger partial charge is 0.256 e. The molecule has 3 aromatic rings. The number of fused-ring (bicyclic) bond motifs is 1. The first kappa shape index (κ1) is 18.7. The number of benzene rings is 1. The third kappa shape index (κ3) is 3.93. The molecule has 28 heavy (non-hydrogen) atoms. The average Bonchev–Trinajstić information content (AvgIpc) is 3.32. The van der Waals surface area contributed by atoms with E-state index in [-0.39, 0.29) is 5.91 Å². The van der Waals surface area contributed by atoms with Gasteiger partial charge in [-0.3, -0.25) is 9.69 Å². The van der Waals surface area contributed by atoms with E-state index in [2.05, 4.69) is 33.3 Å². The summed E-state index contributed by atoms with van der Waals surface area (Å²) in [4.78, 5) is 22.8. The number of H-pyrrole nitrogens is 1. The third-order valence-electron chi connectivity index (χ3n) is 5.53. The predicted molar refractivity (Wildman–Crippen MR) is 112 cm³/mol. The van der Waals surface area contributed by atoms with Gasteiger partial charge in [0.1, 0.15) is 5.82 Å². The Morgan fingerprint density at radius 3 is 2.86 bits per heavy atom. The minimum atomic E-state index is -0.153. The highest BCUT2D eigenvalue weighted by atomic mass is 16.1. The molecule has 4 N–H and O–H groups in total. The molecule has 0 radical (unpaired) electrons. The normalized spacial score (nSPS) is 17.3. The highest BCUT2D eigenvalue weighted by Gasteiger charge is 2.24. The Bertz CT molecular complexity index is 963. The van der Waals surface area contributed by atoms with Gasteiger partial charge >= 0.3 is 0 Å². The molecule has 0 spiro atoms. The van der Waals surface area contributed by atoms with Gasteiger partial charge in [0, 0.05) is 34.9 Å². The number of aromatic nitrogens is 2. The number of nitrogens with two attached hydrogens (primary N) is 1. The van der Waals surface area contributed by atoms with Gasteiger partial charge in [0.05, 0.1) is 5.52 Å². The third-order valence-corrected chi connectivity index (χ3v) is 5.53. The fourth-order valence-electron chi connectivity index (χ4n) is 3.92. The number of likely N-dealkylation sites (tertiary alicyclic amines) is 1. The second-order valence-corrected chi connectivity index (χ2v) is 7.56. The Kier molecular flexibility index (Phi) is 5.41. The monoisotopic (exact) mass is 377 g/mol. The Balaban J connectivity index is 1.47. The summed E-state index contributed by atoms with van der Waals surface area (Å²) in [5, 5.41) is 3.97. The lowest BCUT2D eigenvalue weighted by atomic mass is 10.1. The van der Waals surface area contributed by atoms with Gasteiger partial charge in [-0.1, -0.05) is 12.1 Å². The van der Waals surface area contributed by atoms with Crippen molar-refractivity contribution in [3.05, 3.63) is 59.4 Å². The number of nitrogens with one attached hydrogen (secondary N) is 2. The number of aromatic amines is 1. The van der Waals surface area contributed by atoms with Crippen molar-refractivity contribution in [3.8, 4) is 0 Å². The van der Waals surface area contributed by atoms with Crippen LogP contribution in [-0.2, 0) is 6.42 Å². The van der Waals surface area contributed by atoms with Gasteiger partial charge in [-0.2, -0.15) is 0 Å². The lowest BCUT2D eigenvalue weighted by Crippen LogP contribution is -2.17. The van der Waals surface area contributed by atoms with Crippen LogP contribution in [0.2, 0.25) is 0 Å². The molecule has 6 nitrogen and oxygen atoms in total. The zero-order valence-electron chi connectivity index (χ0n) is 16.2. The lowest BCUT2D eigenvalue weighted by Gasteiger charge is -2.17. The van der Waals surface area contributed by atoms with Crippen LogP contribution in [0.5, 0.6) is 0 Å². The van der Waals surface area contributed by atoms with E-state index < -0.39 is 0 Å². The molecule has 4 rings (SSSR count). The van der Waals surface area contributed by atoms with Crippen LogP contribution in [0, 0.1) is 0 Å². The summed E-state index contributed by atoms with van der Waals surface area (Å²) < 4.78 is 0. The van der Waals surface area contributed by atoms with E-state index in [4.69, 9.17) is 5.73 Å². The summed E-state index contributed by atoms with van der Waals surface area (Å²) in [6.07, 6.45) is 6.09. The van der Waals surface area contributed by atoms with Crippen molar-refractivity contribution in [2.45, 2.75) is 31.7 Å². The summed E-state index contributed by atoms with van der Waals surface area (Å²) in [7, 11) is 2.16. The molecule has 6 heteroatoms. The van der Waals surface area contributed by atoms with Crippen LogP contribution >= 0.6 is 0 Å². The summed E-state index contributed by atoms with van der Waals surface area (Å²) in [5.41, 5.74) is 9.58. The van der Waals surface area contributed by atoms with E-state index in [0.717, 1.165) is 30.3 Å². The van der Waals surface area contributed by atoms with Crippen LogP contribution in [0.4, 0.5) is 5.82 Å². The summed E-state index contributed by atoms with van der Waals surface area (Å²) >= 11 is 0. The number of carbonyl (C=O) groups excluding carboxylic acids is 1. The Morgan fingerprint density at radius 2 is 2.14 bits per heavy atom. The van der Waals surface area contributed by atoms with Crippen molar-refractivity contribution in [1.29, 1.82) is 0 Å². The lowest BCUT2D eigenvalue weighted by molar-refractivity contribution is 0.102. The SMILES string of the molecule is CN1CCC[C@H]1c1cc2cnc(NC(=O)c3ccc(CCCN)cc3)cc2[nH]1. The van der Waals surface area contributed by atoms with E-state index in [1.165, 1.54) is 24.1 Å². The molecule has 0 unspecified atom stereocenters. The van der Waals surface area contributed by atoms with Crippen molar-refractivity contribution >= 4 is 22.6 Å². The zero-order valence-corrected chi connectivity index (χ0v) is 16.2. The quantitative estimate of drug-likeness (QED) is 0.614. The molecular formula is C22H27N5O. The standard InChI is InChI=1S/C22H27N5O/c1-27-11-3-5-20(27)19-12-17-14-24-21(13-18(17)25-19)26-22(28)16-8-6-15(7-9-16)4-2-10-23/h6-9,12-14,20,25H,2-5,10-11,23H2,1H3,(H,24,26,28)/t20-/m0/s1. The number of hydrogen-bond acceptors (Lipinski definition) is 4. The molecular weight excluding hydrogens is 350 g/mol. The minimum absolute atomic E-state index is 0.153. The van der Waals surface area contributed by atoms with Gasteiger partial charge in [-0.05, 0) is 69.6 Å². The largest absolute Gasteiger partial charge is 0.357 e. The van der Waals surface area contributed by atoms with Crippen molar-refractivity contribution in [2.75, 3.05) is 25.5 Å². The van der Waals surface area contributed by atoms with Crippen LogP contribution in [0.3, 0.4) is 0 Å². The van der Waals surface area contributed by atoms with Crippen molar-refractivity contribution in [1.82, 2.24) is 14.9 Å². The fraction of sp³-hybridized carbons (Fsp3) is 0.364. The molecule has 2 aromatic heterocycles. The minimum Gasteiger partial charge on any atom is -0.357 e. The molecule has 0 bridgehead atoms. The number of aryl methyl sites for hydroxylation is 1. The molecule has 0 saturated carbocycles. The average molecular weight is 377 g/mol. The first-order chi connectivity index (χ1) is 13.6. The van der Waals surface area contributed by atoms with E-state index >= 15 is 0 Å². The van der Waals surface area contributed by atoms with Gasteiger partial charge in [-0.15, -0.1) is 0 Å². The van der Waals surface area contributed by atoms with Crippen LogP contribution in [0.25, 0.3) is 10.9 Å². The van der Waals surface area contributed by atoms with Crippen molar-refractivity contribution < 1.29 is 4.79 Å². The first-order valence-electron chi connectivity index (χ1n) is 9.93. The molecule has 1 atom stereocenters. The second-order valence-electron chi connectivity index (χ2n) is 7.56. The number of pyridine rings is 1. The van der Waals surface area contributed by atoms with Crippen LogP contribution in [0.1, 0.15) is 46.9 Å². The molecule has 1 aromatic carbocycles. The molecule has 3 heterocycles. The molecule has 0 aliphatic carbocycles. The second kappa shape index (κ2) is 8.12. The number of carbonyl (C=O) groups is 1. The maximum Gasteiger partial charge on any atom is 0.256 e. The topological polar surface area (TPSA) is 87.0 Å². The highest BCUT2D eigenvalue weighted by Crippen LogP contribution is 2.32. The van der Waals surface area contributed by atoms with E-state index in [9.17, 15) is 4.79 Å². The number of hydrogen-bond donors (Lipinski definition) is 3. The van der Waals surface area contributed by atoms with Gasteiger partial charge in [-0.25, -0.2) is 4.98 Å². The summed E-state index contributed by atoms with van der Waals surface area (Å²) in [6, 6.07) is 12.2. The van der Waals surface area contributed by atoms with Crippen molar-refractivity contribution in [2.24, 2.45) is 5.73 Å². The number of nitrogens with zero attached hydrogens (tertiary/aromatic N) is 2. The summed E-state index contributed by atoms with van der Waals surface area (Å²) in [6.45, 7) is 1.80. The first-order valence-corrected chi connectivity index (χ1v) is 9.93. The van der Waals surface area contributed by atoms with E-state index in [1.54, 1.807) is 0 Å². The molecule has 1 aliphatic heterocycles. The van der Waals surface area contributed by atoms with Gasteiger partial charge in [0.2, 0.25) is 0 Å². The fourth-order valence-corrected chi connectivity index (χ4v) is 3.92. The Labute approximate surface area is 165 Å². The summed E-state index contributed by atoms with van der Waals surface area (Å²) in [5.74, 6) is 0.400. The van der Waals surface area contributed by atoms with Crippen LogP contribution in [-0.4, -0.2) is 40.9 Å². The molecule has 146 valence electrons. The highest BCUT2D eigenvalue weighted by molar-refractivity contribution is 6.04. The maximum atomic E-state index is 12.5. The van der Waals surface area contributed by atoms with E-state index in [0.29, 0.717) is 24.0 Å². The van der Waals surface area contributed by atoms with E-state index in [1.807, 2.05) is 36.5 Å². The number of anilines is 1. The number of amides is 1. The molecule has 1 saturated heterocycles. The molecule has 1 aliphatic rings. The van der Waals surface area contributed by atoms with Gasteiger partial charge in [0.25, 0.3) is 5.91 Å². The maximum absolute atomic E-state index is 12.5. The van der Waals surface area contributed by atoms with Gasteiger partial charge < -0.3 is 16.0 Å². The van der Waals surface area contributed by atoms with Gasteiger partial charge in [0.15, 0.2) is 0 Å². The zero-order chi connectivity index (χ0) is 19.5. The molecule has 1 amide bonds. The van der Waals surface area contributed by atoms with Crippen LogP contribution < -0.4 is 11.1 Å². The Morgan fingerprint density at radius 1 is 1.32 bits per heavy atom.